The van der Waals surface area contributed by atoms with Gasteiger partial charge in [0.15, 0.2) is 11.5 Å². The Bertz CT molecular complexity index is 817. The lowest BCUT2D eigenvalue weighted by atomic mass is 10.2. The van der Waals surface area contributed by atoms with Crippen LogP contribution in [0, 0.1) is 0 Å². The lowest BCUT2D eigenvalue weighted by Crippen LogP contribution is -2.07. The Morgan fingerprint density at radius 3 is 2.77 bits per heavy atom. The third-order valence-corrected chi connectivity index (χ3v) is 3.61. The van der Waals surface area contributed by atoms with Gasteiger partial charge in [0.1, 0.15) is 6.61 Å². The van der Waals surface area contributed by atoms with Gasteiger partial charge in [-0.1, -0.05) is 18.2 Å². The van der Waals surface area contributed by atoms with Crippen molar-refractivity contribution in [1.82, 2.24) is 9.55 Å². The molecule has 1 N–H and O–H groups in total. The number of rotatable bonds is 9. The molecule has 0 unspecified atom stereocenters. The number of hydrogen-bond donors (Lipinski definition) is 1. The van der Waals surface area contributed by atoms with Crippen LogP contribution in [0.3, 0.4) is 0 Å². The van der Waals surface area contributed by atoms with Gasteiger partial charge in [-0.2, -0.15) is 5.10 Å². The molecule has 0 saturated heterocycles. The summed E-state index contributed by atoms with van der Waals surface area (Å²) in [5.41, 5.74) is 4.87. The molecule has 0 fully saturated rings. The number of benzene rings is 2. The maximum atomic E-state index is 5.86. The monoisotopic (exact) mass is 350 g/mol. The zero-order chi connectivity index (χ0) is 18.0. The number of ether oxygens (including phenoxy) is 2. The maximum Gasteiger partial charge on any atom is 0.161 e. The van der Waals surface area contributed by atoms with Crippen LogP contribution in [-0.2, 0) is 6.54 Å². The van der Waals surface area contributed by atoms with E-state index in [-0.39, 0.29) is 0 Å². The second-order valence-corrected chi connectivity index (χ2v) is 5.52. The first kappa shape index (κ1) is 17.5. The highest BCUT2D eigenvalue weighted by Gasteiger charge is 2.06. The molecule has 0 aliphatic carbocycles. The molecule has 3 rings (SSSR count). The van der Waals surface area contributed by atoms with Crippen molar-refractivity contribution in [3.63, 3.8) is 0 Å². The van der Waals surface area contributed by atoms with Gasteiger partial charge in [-0.3, -0.25) is 5.43 Å². The van der Waals surface area contributed by atoms with E-state index in [1.54, 1.807) is 18.7 Å². The van der Waals surface area contributed by atoms with Crippen molar-refractivity contribution < 1.29 is 9.47 Å². The Morgan fingerprint density at radius 2 is 2.00 bits per heavy atom. The van der Waals surface area contributed by atoms with Crippen LogP contribution < -0.4 is 14.9 Å². The molecular weight excluding hydrogens is 328 g/mol. The van der Waals surface area contributed by atoms with Crippen molar-refractivity contribution in [2.24, 2.45) is 5.10 Å². The first-order chi connectivity index (χ1) is 12.8. The molecule has 0 saturated carbocycles. The Morgan fingerprint density at radius 1 is 1.12 bits per heavy atom. The first-order valence-corrected chi connectivity index (χ1v) is 8.54. The molecule has 1 heterocycles. The van der Waals surface area contributed by atoms with Gasteiger partial charge in [0.2, 0.25) is 0 Å². The normalized spacial score (nSPS) is 10.8. The fourth-order valence-electron chi connectivity index (χ4n) is 2.37. The van der Waals surface area contributed by atoms with Crippen LogP contribution in [0.25, 0.3) is 0 Å². The largest absolute Gasteiger partial charge is 0.490 e. The molecule has 6 nitrogen and oxygen atoms in total. The summed E-state index contributed by atoms with van der Waals surface area (Å²) in [6, 6.07) is 15.6. The molecule has 0 aliphatic heterocycles. The lowest BCUT2D eigenvalue weighted by molar-refractivity contribution is 0.266. The third-order valence-electron chi connectivity index (χ3n) is 3.61. The van der Waals surface area contributed by atoms with Gasteiger partial charge in [-0.15, -0.1) is 0 Å². The lowest BCUT2D eigenvalue weighted by Gasteiger charge is -2.12. The highest BCUT2D eigenvalue weighted by atomic mass is 16.5. The molecule has 1 aromatic heterocycles. The zero-order valence-electron chi connectivity index (χ0n) is 14.7. The minimum absolute atomic E-state index is 0.541. The summed E-state index contributed by atoms with van der Waals surface area (Å²) in [7, 11) is 0. The van der Waals surface area contributed by atoms with Crippen LogP contribution in [0.5, 0.6) is 11.5 Å². The van der Waals surface area contributed by atoms with Gasteiger partial charge in [-0.25, -0.2) is 4.98 Å². The van der Waals surface area contributed by atoms with Crippen LogP contribution in [0.1, 0.15) is 12.5 Å². The van der Waals surface area contributed by atoms with Gasteiger partial charge in [-0.05, 0) is 42.8 Å². The standard InChI is InChI=1S/C20H22N4O2/c1-2-25-20-14-17(15-22-23-18-6-4-3-5-7-18)8-9-19(20)26-13-12-24-11-10-21-16-24/h3-11,14-16,23H,2,12-13H2,1H3. The summed E-state index contributed by atoms with van der Waals surface area (Å²) < 4.78 is 13.5. The number of para-hydroxylation sites is 1. The van der Waals surface area contributed by atoms with E-state index in [0.717, 1.165) is 23.5 Å². The van der Waals surface area contributed by atoms with Crippen molar-refractivity contribution in [2.75, 3.05) is 18.6 Å². The average molecular weight is 350 g/mol. The van der Waals surface area contributed by atoms with Crippen molar-refractivity contribution in [1.29, 1.82) is 0 Å². The summed E-state index contributed by atoms with van der Waals surface area (Å²) >= 11 is 0. The van der Waals surface area contributed by atoms with Crippen LogP contribution >= 0.6 is 0 Å². The fraction of sp³-hybridized carbons (Fsp3) is 0.200. The number of aromatic nitrogens is 2. The average Bonchev–Trinajstić information content (AvgIpc) is 3.18. The summed E-state index contributed by atoms with van der Waals surface area (Å²) in [6.45, 7) is 3.79. The molecule has 3 aromatic rings. The summed E-state index contributed by atoms with van der Waals surface area (Å²) in [5.74, 6) is 1.43. The highest BCUT2D eigenvalue weighted by molar-refractivity contribution is 5.81. The SMILES string of the molecule is CCOc1cc(C=NNc2ccccc2)ccc1OCCn1ccnc1. The number of hydrazone groups is 1. The van der Waals surface area contributed by atoms with E-state index < -0.39 is 0 Å². The predicted molar refractivity (Wildman–Crippen MR) is 103 cm³/mol. The topological polar surface area (TPSA) is 60.7 Å². The Balaban J connectivity index is 1.61. The van der Waals surface area contributed by atoms with Crippen LogP contribution in [-0.4, -0.2) is 29.0 Å². The van der Waals surface area contributed by atoms with E-state index in [2.05, 4.69) is 15.5 Å². The van der Waals surface area contributed by atoms with Gasteiger partial charge in [0, 0.05) is 12.4 Å². The first-order valence-electron chi connectivity index (χ1n) is 8.54. The number of imidazole rings is 1. The fourth-order valence-corrected chi connectivity index (χ4v) is 2.37. The van der Waals surface area contributed by atoms with E-state index in [9.17, 15) is 0 Å². The molecule has 26 heavy (non-hydrogen) atoms. The van der Waals surface area contributed by atoms with E-state index in [1.165, 1.54) is 0 Å². The van der Waals surface area contributed by atoms with Gasteiger partial charge < -0.3 is 14.0 Å². The minimum atomic E-state index is 0.541. The molecule has 0 radical (unpaired) electrons. The molecule has 134 valence electrons. The Hall–Kier alpha value is -3.28. The molecule has 0 spiro atoms. The number of hydrogen-bond acceptors (Lipinski definition) is 5. The maximum absolute atomic E-state index is 5.86. The molecule has 0 amide bonds. The molecule has 0 aliphatic rings. The Kier molecular flexibility index (Phi) is 6.25. The van der Waals surface area contributed by atoms with Crippen LogP contribution in [0.15, 0.2) is 72.4 Å². The summed E-state index contributed by atoms with van der Waals surface area (Å²) in [5, 5.41) is 4.26. The third kappa shape index (κ3) is 5.11. The zero-order valence-corrected chi connectivity index (χ0v) is 14.7. The Labute approximate surface area is 153 Å². The van der Waals surface area contributed by atoms with Crippen molar-refractivity contribution >= 4 is 11.9 Å². The highest BCUT2D eigenvalue weighted by Crippen LogP contribution is 2.28. The van der Waals surface area contributed by atoms with Crippen molar-refractivity contribution in [3.05, 3.63) is 72.8 Å². The number of nitrogens with zero attached hydrogens (tertiary/aromatic N) is 3. The molecule has 6 heteroatoms. The summed E-state index contributed by atoms with van der Waals surface area (Å²) in [6.07, 6.45) is 7.19. The molecule has 2 aromatic carbocycles. The second kappa shape index (κ2) is 9.27. The van der Waals surface area contributed by atoms with E-state index >= 15 is 0 Å². The van der Waals surface area contributed by atoms with Gasteiger partial charge in [0.25, 0.3) is 0 Å². The second-order valence-electron chi connectivity index (χ2n) is 5.52. The van der Waals surface area contributed by atoms with E-state index in [1.807, 2.05) is 66.2 Å². The molecule has 0 bridgehead atoms. The number of nitrogens with one attached hydrogen (secondary N) is 1. The van der Waals surface area contributed by atoms with Crippen LogP contribution in [0.2, 0.25) is 0 Å². The van der Waals surface area contributed by atoms with Crippen molar-refractivity contribution in [3.8, 4) is 11.5 Å². The quantitative estimate of drug-likeness (QED) is 0.471. The number of anilines is 1. The van der Waals surface area contributed by atoms with E-state index in [0.29, 0.717) is 19.0 Å². The van der Waals surface area contributed by atoms with E-state index in [4.69, 9.17) is 9.47 Å². The molecular formula is C20H22N4O2. The van der Waals surface area contributed by atoms with Crippen molar-refractivity contribution in [2.45, 2.75) is 13.5 Å². The van der Waals surface area contributed by atoms with Gasteiger partial charge >= 0.3 is 0 Å². The predicted octanol–water partition coefficient (Wildman–Crippen LogP) is 3.81. The minimum Gasteiger partial charge on any atom is -0.490 e. The van der Waals surface area contributed by atoms with Crippen LogP contribution in [0.4, 0.5) is 5.69 Å². The smallest absolute Gasteiger partial charge is 0.161 e. The van der Waals surface area contributed by atoms with Gasteiger partial charge in [0.05, 0.1) is 31.4 Å². The molecule has 0 atom stereocenters. The summed E-state index contributed by atoms with van der Waals surface area (Å²) in [4.78, 5) is 4.02.